The van der Waals surface area contributed by atoms with Crippen molar-refractivity contribution in [2.24, 2.45) is 0 Å². The van der Waals surface area contributed by atoms with E-state index in [4.69, 9.17) is 5.11 Å². The normalized spacial score (nSPS) is 19.5. The Kier molecular flexibility index (Phi) is 3.50. The molecule has 2 atom stereocenters. The van der Waals surface area contributed by atoms with Crippen molar-refractivity contribution >= 4 is 17.9 Å². The Hall–Kier alpha value is -2.37. The van der Waals surface area contributed by atoms with Crippen LogP contribution < -0.4 is 5.32 Å². The zero-order chi connectivity index (χ0) is 14.0. The molecule has 1 aromatic rings. The third-order valence-corrected chi connectivity index (χ3v) is 3.09. The van der Waals surface area contributed by atoms with Gasteiger partial charge in [0.25, 0.3) is 0 Å². The fraction of sp³-hybridized carbons (Fsp3) is 0.308. The summed E-state index contributed by atoms with van der Waals surface area (Å²) in [6, 6.07) is 7.22. The van der Waals surface area contributed by atoms with Crippen LogP contribution in [0.15, 0.2) is 30.3 Å². The maximum atomic E-state index is 11.9. The molecule has 2 N–H and O–H groups in total. The molecule has 19 heavy (non-hydrogen) atoms. The number of carboxylic acids is 1. The van der Waals surface area contributed by atoms with E-state index >= 15 is 0 Å². The number of rotatable bonds is 3. The van der Waals surface area contributed by atoms with Gasteiger partial charge in [0.05, 0.1) is 12.5 Å². The minimum absolute atomic E-state index is 0.123. The van der Waals surface area contributed by atoms with E-state index in [2.05, 4.69) is 5.32 Å². The van der Waals surface area contributed by atoms with Crippen molar-refractivity contribution < 1.29 is 19.5 Å². The van der Waals surface area contributed by atoms with Crippen molar-refractivity contribution in [1.29, 1.82) is 0 Å². The van der Waals surface area contributed by atoms with E-state index in [0.29, 0.717) is 0 Å². The van der Waals surface area contributed by atoms with Crippen LogP contribution in [0.2, 0.25) is 0 Å². The van der Waals surface area contributed by atoms with Crippen molar-refractivity contribution in [3.8, 4) is 0 Å². The molecule has 1 saturated heterocycles. The van der Waals surface area contributed by atoms with Gasteiger partial charge < -0.3 is 10.4 Å². The summed E-state index contributed by atoms with van der Waals surface area (Å²) in [5, 5.41) is 11.5. The summed E-state index contributed by atoms with van der Waals surface area (Å²) in [5.74, 6) is -1.63. The molecule has 6 nitrogen and oxygen atoms in total. The predicted molar refractivity (Wildman–Crippen MR) is 66.3 cm³/mol. The maximum absolute atomic E-state index is 11.9. The second-order valence-corrected chi connectivity index (χ2v) is 4.40. The molecule has 100 valence electrons. The summed E-state index contributed by atoms with van der Waals surface area (Å²) < 4.78 is 0. The summed E-state index contributed by atoms with van der Waals surface area (Å²) >= 11 is 0. The number of aliphatic carboxylic acids is 1. The molecule has 6 heteroatoms. The number of hydrogen-bond acceptors (Lipinski definition) is 3. The highest BCUT2D eigenvalue weighted by atomic mass is 16.4. The molecule has 1 unspecified atom stereocenters. The van der Waals surface area contributed by atoms with E-state index in [-0.39, 0.29) is 12.5 Å². The van der Waals surface area contributed by atoms with Crippen molar-refractivity contribution in [2.45, 2.75) is 25.4 Å². The van der Waals surface area contributed by atoms with Gasteiger partial charge in [-0.3, -0.25) is 4.79 Å². The Bertz CT molecular complexity index is 515. The van der Waals surface area contributed by atoms with E-state index in [1.807, 2.05) is 30.3 Å². The third-order valence-electron chi connectivity index (χ3n) is 3.09. The van der Waals surface area contributed by atoms with Gasteiger partial charge in [0.1, 0.15) is 6.04 Å². The van der Waals surface area contributed by atoms with Crippen molar-refractivity contribution in [2.75, 3.05) is 0 Å². The summed E-state index contributed by atoms with van der Waals surface area (Å²) in [6.07, 6.45) is -0.123. The van der Waals surface area contributed by atoms with Crippen LogP contribution >= 0.6 is 0 Å². The fourth-order valence-corrected chi connectivity index (χ4v) is 1.95. The SMILES string of the molecule is C[C@@H](NC(=O)N1C(=O)CC1C(=O)O)c1ccccc1. The first-order chi connectivity index (χ1) is 9.00. The summed E-state index contributed by atoms with van der Waals surface area (Å²) in [6.45, 7) is 1.77. The number of hydrogen-bond donors (Lipinski definition) is 2. The van der Waals surface area contributed by atoms with E-state index in [1.165, 1.54) is 0 Å². The molecular weight excluding hydrogens is 248 g/mol. The number of carboxylic acid groups (broad SMARTS) is 1. The average Bonchev–Trinajstić information content (AvgIpc) is 2.36. The second kappa shape index (κ2) is 5.09. The number of urea groups is 1. The second-order valence-electron chi connectivity index (χ2n) is 4.40. The molecule has 2 rings (SSSR count). The molecule has 0 spiro atoms. The highest BCUT2D eigenvalue weighted by Gasteiger charge is 2.45. The number of nitrogens with one attached hydrogen (secondary N) is 1. The number of β-lactam (4-membered cyclic amide) rings is 1. The monoisotopic (exact) mass is 262 g/mol. The van der Waals surface area contributed by atoms with E-state index in [1.54, 1.807) is 6.92 Å². The number of likely N-dealkylation sites (tertiary alicyclic amines) is 1. The Morgan fingerprint density at radius 1 is 1.37 bits per heavy atom. The zero-order valence-corrected chi connectivity index (χ0v) is 10.4. The van der Waals surface area contributed by atoms with Crippen LogP contribution in [0.1, 0.15) is 24.9 Å². The number of nitrogens with zero attached hydrogens (tertiary/aromatic N) is 1. The van der Waals surface area contributed by atoms with Gasteiger partial charge >= 0.3 is 12.0 Å². The van der Waals surface area contributed by atoms with E-state index < -0.39 is 23.9 Å². The molecule has 1 heterocycles. The van der Waals surface area contributed by atoms with Gasteiger partial charge in [-0.15, -0.1) is 0 Å². The quantitative estimate of drug-likeness (QED) is 0.800. The standard InChI is InChI=1S/C13H14N2O4/c1-8(9-5-3-2-4-6-9)14-13(19)15-10(12(17)18)7-11(15)16/h2-6,8,10H,7H2,1H3,(H,14,19)(H,17,18)/t8-,10?/m1/s1. The Morgan fingerprint density at radius 2 is 2.00 bits per heavy atom. The van der Waals surface area contributed by atoms with Gasteiger partial charge in [-0.1, -0.05) is 30.3 Å². The maximum Gasteiger partial charge on any atom is 0.327 e. The summed E-state index contributed by atoms with van der Waals surface area (Å²) in [7, 11) is 0. The molecule has 1 aliphatic heterocycles. The van der Waals surface area contributed by atoms with Crippen LogP contribution in [0.5, 0.6) is 0 Å². The lowest BCUT2D eigenvalue weighted by Gasteiger charge is -2.36. The van der Waals surface area contributed by atoms with Crippen molar-refractivity contribution in [3.63, 3.8) is 0 Å². The van der Waals surface area contributed by atoms with Crippen molar-refractivity contribution in [1.82, 2.24) is 10.2 Å². The van der Waals surface area contributed by atoms with Crippen LogP contribution in [0.4, 0.5) is 4.79 Å². The van der Waals surface area contributed by atoms with Gasteiger partial charge in [-0.2, -0.15) is 0 Å². The molecule has 1 aliphatic rings. The molecule has 1 aromatic carbocycles. The lowest BCUT2D eigenvalue weighted by Crippen LogP contribution is -2.61. The van der Waals surface area contributed by atoms with Crippen LogP contribution in [0.25, 0.3) is 0 Å². The van der Waals surface area contributed by atoms with Gasteiger partial charge in [0.2, 0.25) is 5.91 Å². The lowest BCUT2D eigenvalue weighted by atomic mass is 10.0. The molecule has 0 radical (unpaired) electrons. The van der Waals surface area contributed by atoms with Gasteiger partial charge in [0, 0.05) is 0 Å². The summed E-state index contributed by atoms with van der Waals surface area (Å²) in [5.41, 5.74) is 0.885. The average molecular weight is 262 g/mol. The largest absolute Gasteiger partial charge is 0.480 e. The Balaban J connectivity index is 2.01. The minimum atomic E-state index is -1.16. The smallest absolute Gasteiger partial charge is 0.327 e. The van der Waals surface area contributed by atoms with Gasteiger partial charge in [-0.05, 0) is 12.5 Å². The lowest BCUT2D eigenvalue weighted by molar-refractivity contribution is -0.157. The van der Waals surface area contributed by atoms with Crippen LogP contribution in [-0.2, 0) is 9.59 Å². The summed E-state index contributed by atoms with van der Waals surface area (Å²) in [4.78, 5) is 34.7. The zero-order valence-electron chi connectivity index (χ0n) is 10.4. The first kappa shape index (κ1) is 13.1. The first-order valence-electron chi connectivity index (χ1n) is 5.91. The fourth-order valence-electron chi connectivity index (χ4n) is 1.95. The predicted octanol–water partition coefficient (Wildman–Crippen LogP) is 1.14. The van der Waals surface area contributed by atoms with Crippen LogP contribution in [0, 0.1) is 0 Å². The molecular formula is C13H14N2O4. The Labute approximate surface area is 110 Å². The van der Waals surface area contributed by atoms with Crippen molar-refractivity contribution in [3.05, 3.63) is 35.9 Å². The molecule has 1 fully saturated rings. The number of benzene rings is 1. The molecule has 0 aromatic heterocycles. The van der Waals surface area contributed by atoms with E-state index in [9.17, 15) is 14.4 Å². The Morgan fingerprint density at radius 3 is 2.53 bits per heavy atom. The molecule has 0 aliphatic carbocycles. The number of carbonyl (C=O) groups is 3. The van der Waals surface area contributed by atoms with Crippen LogP contribution in [0.3, 0.4) is 0 Å². The highest BCUT2D eigenvalue weighted by molar-refractivity contribution is 6.05. The highest BCUT2D eigenvalue weighted by Crippen LogP contribution is 2.21. The van der Waals surface area contributed by atoms with Gasteiger partial charge in [0.15, 0.2) is 0 Å². The molecule has 0 bridgehead atoms. The number of imide groups is 1. The number of amides is 3. The third kappa shape index (κ3) is 2.57. The molecule has 3 amide bonds. The first-order valence-corrected chi connectivity index (χ1v) is 5.91. The van der Waals surface area contributed by atoms with Gasteiger partial charge in [-0.25, -0.2) is 14.5 Å². The molecule has 0 saturated carbocycles. The number of carbonyl (C=O) groups excluding carboxylic acids is 2. The van der Waals surface area contributed by atoms with E-state index in [0.717, 1.165) is 10.5 Å². The van der Waals surface area contributed by atoms with Crippen LogP contribution in [-0.4, -0.2) is 34.0 Å². The minimum Gasteiger partial charge on any atom is -0.480 e. The topological polar surface area (TPSA) is 86.7 Å².